The largest absolute Gasteiger partial charge is 0.357 e. The maximum absolute atomic E-state index is 12.4. The molecule has 1 aliphatic heterocycles. The van der Waals surface area contributed by atoms with Crippen LogP contribution in [0.5, 0.6) is 0 Å². The lowest BCUT2D eigenvalue weighted by molar-refractivity contribution is -0.140. The highest BCUT2D eigenvalue weighted by Crippen LogP contribution is 2.71. The molecular weight excluding hydrogens is 276 g/mol. The molecule has 22 heavy (non-hydrogen) atoms. The van der Waals surface area contributed by atoms with Crippen LogP contribution >= 0.6 is 0 Å². The van der Waals surface area contributed by atoms with E-state index in [0.717, 1.165) is 44.9 Å². The summed E-state index contributed by atoms with van der Waals surface area (Å²) in [7, 11) is 0. The molecule has 0 amide bonds. The van der Waals surface area contributed by atoms with Gasteiger partial charge in [-0.05, 0) is 56.3 Å². The average Bonchev–Trinajstić information content (AvgIpc) is 3.17. The zero-order valence-corrected chi connectivity index (χ0v) is 13.7. The number of carbonyl (C=O) groups excluding carboxylic acids is 2. The van der Waals surface area contributed by atoms with Gasteiger partial charge in [0.2, 0.25) is 0 Å². The first kappa shape index (κ1) is 13.7. The van der Waals surface area contributed by atoms with Crippen LogP contribution in [0.3, 0.4) is 0 Å². The summed E-state index contributed by atoms with van der Waals surface area (Å²) in [5.74, 6) is 2.78. The van der Waals surface area contributed by atoms with Gasteiger partial charge in [-0.25, -0.2) is 0 Å². The lowest BCUT2D eigenvalue weighted by atomic mass is 9.45. The van der Waals surface area contributed by atoms with Gasteiger partial charge in [-0.2, -0.15) is 0 Å². The van der Waals surface area contributed by atoms with Crippen molar-refractivity contribution >= 4 is 11.6 Å². The van der Waals surface area contributed by atoms with Crippen molar-refractivity contribution in [1.29, 1.82) is 0 Å². The summed E-state index contributed by atoms with van der Waals surface area (Å²) in [4.78, 5) is 24.5. The number of carbonyl (C=O) groups is 2. The van der Waals surface area contributed by atoms with Gasteiger partial charge in [-0.15, -0.1) is 0 Å². The fraction of sp³-hybridized carbons (Fsp3) is 0.895. The fourth-order valence-corrected chi connectivity index (χ4v) is 7.27. The highest BCUT2D eigenvalue weighted by molar-refractivity contribution is 5.89. The van der Waals surface area contributed by atoms with Gasteiger partial charge in [0.25, 0.3) is 0 Å². The third-order valence-corrected chi connectivity index (χ3v) is 8.66. The number of hydrogen-bond acceptors (Lipinski definition) is 3. The quantitative estimate of drug-likeness (QED) is 0.645. The van der Waals surface area contributed by atoms with Crippen molar-refractivity contribution in [3.05, 3.63) is 0 Å². The average molecular weight is 302 g/mol. The first-order valence-electron chi connectivity index (χ1n) is 9.16. The van der Waals surface area contributed by atoms with Gasteiger partial charge in [0, 0.05) is 23.7 Å². The second kappa shape index (κ2) is 3.85. The van der Waals surface area contributed by atoms with Gasteiger partial charge in [0.05, 0.1) is 0 Å². The molecule has 3 heteroatoms. The van der Waals surface area contributed by atoms with E-state index >= 15 is 0 Å². The molecule has 0 aromatic carbocycles. The highest BCUT2D eigenvalue weighted by Gasteiger charge is 2.76. The van der Waals surface area contributed by atoms with E-state index in [2.05, 4.69) is 13.8 Å². The Balaban J connectivity index is 1.52. The summed E-state index contributed by atoms with van der Waals surface area (Å²) in [6.07, 6.45) is 7.93. The van der Waals surface area contributed by atoms with Crippen LogP contribution in [0.15, 0.2) is 0 Å². The van der Waals surface area contributed by atoms with Crippen LogP contribution < -0.4 is 0 Å². The minimum Gasteiger partial charge on any atom is -0.357 e. The Hall–Kier alpha value is -0.700. The van der Waals surface area contributed by atoms with Crippen LogP contribution in [0.2, 0.25) is 0 Å². The van der Waals surface area contributed by atoms with E-state index in [4.69, 9.17) is 4.74 Å². The number of ether oxygens (including phenoxy) is 1. The molecule has 0 N–H and O–H groups in total. The van der Waals surface area contributed by atoms with E-state index in [-0.39, 0.29) is 22.5 Å². The van der Waals surface area contributed by atoms with Crippen molar-refractivity contribution in [3.63, 3.8) is 0 Å². The van der Waals surface area contributed by atoms with E-state index in [0.29, 0.717) is 35.7 Å². The first-order valence-corrected chi connectivity index (χ1v) is 9.16. The van der Waals surface area contributed by atoms with Crippen molar-refractivity contribution in [2.24, 2.45) is 28.6 Å². The summed E-state index contributed by atoms with van der Waals surface area (Å²) in [6.45, 7) is 4.63. The van der Waals surface area contributed by atoms with Crippen molar-refractivity contribution in [2.75, 3.05) is 0 Å². The number of ketones is 2. The highest BCUT2D eigenvalue weighted by atomic mass is 16.6. The Morgan fingerprint density at radius 1 is 0.955 bits per heavy atom. The summed E-state index contributed by atoms with van der Waals surface area (Å²) in [5.41, 5.74) is -0.00234. The Bertz CT molecular complexity index is 583. The van der Waals surface area contributed by atoms with Gasteiger partial charge in [-0.1, -0.05) is 13.8 Å². The van der Waals surface area contributed by atoms with Crippen LogP contribution in [-0.4, -0.2) is 23.3 Å². The molecule has 4 aliphatic carbocycles. The summed E-state index contributed by atoms with van der Waals surface area (Å²) in [5, 5.41) is 0. The van der Waals surface area contributed by atoms with Crippen LogP contribution in [0, 0.1) is 28.6 Å². The molecule has 1 saturated heterocycles. The lowest BCUT2D eigenvalue weighted by Gasteiger charge is -2.58. The maximum atomic E-state index is 12.4. The Kier molecular flexibility index (Phi) is 2.40. The van der Waals surface area contributed by atoms with Crippen LogP contribution in [-0.2, 0) is 14.3 Å². The normalized spacial score (nSPS) is 59.4. The van der Waals surface area contributed by atoms with Crippen LogP contribution in [0.25, 0.3) is 0 Å². The molecule has 0 radical (unpaired) electrons. The van der Waals surface area contributed by atoms with E-state index in [9.17, 15) is 9.59 Å². The third kappa shape index (κ3) is 1.31. The third-order valence-electron chi connectivity index (χ3n) is 8.66. The molecular formula is C19H26O3. The van der Waals surface area contributed by atoms with Gasteiger partial charge in [0.1, 0.15) is 17.5 Å². The summed E-state index contributed by atoms with van der Waals surface area (Å²) in [6, 6.07) is 0. The predicted octanol–water partition coefficient (Wildman–Crippen LogP) is 3.30. The number of rotatable bonds is 0. The van der Waals surface area contributed by atoms with Crippen LogP contribution in [0.4, 0.5) is 0 Å². The van der Waals surface area contributed by atoms with Crippen molar-refractivity contribution in [1.82, 2.24) is 0 Å². The molecule has 5 aliphatic rings. The minimum absolute atomic E-state index is 0.0453. The molecule has 0 aromatic heterocycles. The fourth-order valence-electron chi connectivity index (χ4n) is 7.27. The molecule has 1 heterocycles. The number of Topliss-reactive ketones (excluding diaryl/α,β-unsaturated/α-hetero) is 2. The number of fused-ring (bicyclic) bond motifs is 4. The van der Waals surface area contributed by atoms with Crippen LogP contribution in [0.1, 0.15) is 65.2 Å². The number of hydrogen-bond donors (Lipinski definition) is 0. The molecule has 1 spiro atoms. The second-order valence-electron chi connectivity index (χ2n) is 9.10. The van der Waals surface area contributed by atoms with Crippen molar-refractivity contribution in [3.8, 4) is 0 Å². The van der Waals surface area contributed by atoms with Crippen molar-refractivity contribution < 1.29 is 14.3 Å². The predicted molar refractivity (Wildman–Crippen MR) is 81.2 cm³/mol. The van der Waals surface area contributed by atoms with Gasteiger partial charge in [-0.3, -0.25) is 9.59 Å². The molecule has 3 nitrogen and oxygen atoms in total. The molecule has 0 aromatic rings. The zero-order chi connectivity index (χ0) is 15.3. The van der Waals surface area contributed by atoms with Gasteiger partial charge >= 0.3 is 0 Å². The maximum Gasteiger partial charge on any atom is 0.164 e. The molecule has 5 fully saturated rings. The molecule has 5 rings (SSSR count). The number of epoxide rings is 1. The van der Waals surface area contributed by atoms with E-state index in [1.807, 2.05) is 0 Å². The van der Waals surface area contributed by atoms with E-state index in [1.165, 1.54) is 0 Å². The minimum atomic E-state index is -0.125. The monoisotopic (exact) mass is 302 g/mol. The van der Waals surface area contributed by atoms with Gasteiger partial charge in [0.15, 0.2) is 5.78 Å². The molecule has 7 atom stereocenters. The first-order chi connectivity index (χ1) is 10.4. The zero-order valence-electron chi connectivity index (χ0n) is 13.7. The Labute approximate surface area is 132 Å². The Morgan fingerprint density at radius 2 is 1.77 bits per heavy atom. The van der Waals surface area contributed by atoms with Crippen molar-refractivity contribution in [2.45, 2.75) is 76.9 Å². The summed E-state index contributed by atoms with van der Waals surface area (Å²) < 4.78 is 6.07. The SMILES string of the molecule is C[C@@]12CC[C@@H]3[C@H](CC[C@@]45O[C@H]4C(=O)CC[C@]35C)[C@H]1CCC2=O. The molecule has 0 unspecified atom stereocenters. The smallest absolute Gasteiger partial charge is 0.164 e. The molecule has 0 bridgehead atoms. The van der Waals surface area contributed by atoms with E-state index < -0.39 is 0 Å². The standard InChI is InChI=1S/C19H26O3/c1-17-8-6-13-11(12(17)3-4-15(17)21)5-10-19-16(22-19)14(20)7-9-18(13,19)2/h11-13,16H,3-10H2,1-2H3/t11-,12-,13-,16+,17-,18-,19-/m1/s1. The van der Waals surface area contributed by atoms with Gasteiger partial charge < -0.3 is 4.74 Å². The second-order valence-corrected chi connectivity index (χ2v) is 9.10. The Morgan fingerprint density at radius 3 is 2.59 bits per heavy atom. The summed E-state index contributed by atoms with van der Waals surface area (Å²) >= 11 is 0. The molecule has 120 valence electrons. The topological polar surface area (TPSA) is 46.7 Å². The van der Waals surface area contributed by atoms with E-state index in [1.54, 1.807) is 0 Å². The lowest BCUT2D eigenvalue weighted by Crippen LogP contribution is -2.58. The molecule has 4 saturated carbocycles.